The molecule has 4 nitrogen and oxygen atoms in total. The Morgan fingerprint density at radius 1 is 0.279 bits per heavy atom. The Hall–Kier alpha value is -8.99. The molecule has 2 heterocycles. The Bertz CT molecular complexity index is 3650. The molecule has 0 fully saturated rings. The first-order valence-electron chi connectivity index (χ1n) is 23.2. The van der Waals surface area contributed by atoms with Crippen molar-refractivity contribution in [3.8, 4) is 73.2 Å². The number of hydrogen-bond donors (Lipinski definition) is 0. The highest BCUT2D eigenvalue weighted by Crippen LogP contribution is 2.57. The van der Waals surface area contributed by atoms with Gasteiger partial charge in [-0.1, -0.05) is 231 Å². The SMILES string of the molecule is c1ccc(-c2ccc(-c3nc(-c4ccc(-c5ccccc5)cc4)nc(-n4c5ccc(-c6ccccc6)cc5c5cc6c(cc54)C(c4ccccc4)(c4ccccc4)c4ccccc4-6)n3)cc2)cc1. The van der Waals surface area contributed by atoms with E-state index in [2.05, 4.69) is 247 Å². The molecule has 1 aliphatic carbocycles. The molecule has 13 rings (SSSR count). The molecular formula is C64H42N4. The van der Waals surface area contributed by atoms with Crippen molar-refractivity contribution in [3.05, 3.63) is 277 Å². The third kappa shape index (κ3) is 6.41. The van der Waals surface area contributed by atoms with Crippen LogP contribution in [0.5, 0.6) is 0 Å². The highest BCUT2D eigenvalue weighted by molar-refractivity contribution is 6.13. The van der Waals surface area contributed by atoms with E-state index in [1.54, 1.807) is 0 Å². The van der Waals surface area contributed by atoms with Gasteiger partial charge in [-0.25, -0.2) is 4.98 Å². The van der Waals surface area contributed by atoms with Gasteiger partial charge in [-0.3, -0.25) is 4.57 Å². The van der Waals surface area contributed by atoms with Gasteiger partial charge in [0.05, 0.1) is 16.4 Å². The second kappa shape index (κ2) is 16.2. The maximum absolute atomic E-state index is 5.45. The molecule has 0 radical (unpaired) electrons. The fourth-order valence-corrected chi connectivity index (χ4v) is 10.6. The van der Waals surface area contributed by atoms with Gasteiger partial charge in [0.25, 0.3) is 0 Å². The van der Waals surface area contributed by atoms with Crippen LogP contribution in [0.15, 0.2) is 255 Å². The second-order valence-corrected chi connectivity index (χ2v) is 17.5. The van der Waals surface area contributed by atoms with E-state index in [0.717, 1.165) is 66.3 Å². The average molecular weight is 867 g/mol. The lowest BCUT2D eigenvalue weighted by atomic mass is 9.67. The first kappa shape index (κ1) is 39.4. The first-order valence-corrected chi connectivity index (χ1v) is 23.2. The molecule has 68 heavy (non-hydrogen) atoms. The molecule has 318 valence electrons. The van der Waals surface area contributed by atoms with Crippen LogP contribution in [-0.2, 0) is 5.41 Å². The van der Waals surface area contributed by atoms with Gasteiger partial charge in [0, 0.05) is 21.9 Å². The fourth-order valence-electron chi connectivity index (χ4n) is 10.6. The molecule has 0 spiro atoms. The molecule has 0 N–H and O–H groups in total. The minimum Gasteiger partial charge on any atom is -0.278 e. The topological polar surface area (TPSA) is 43.6 Å². The lowest BCUT2D eigenvalue weighted by Crippen LogP contribution is -2.28. The number of rotatable bonds is 8. The van der Waals surface area contributed by atoms with Crippen molar-refractivity contribution in [3.63, 3.8) is 0 Å². The molecule has 0 saturated heterocycles. The number of fused-ring (bicyclic) bond motifs is 6. The Kier molecular flexibility index (Phi) is 9.36. The average Bonchev–Trinajstić information content (AvgIpc) is 3.90. The first-order chi connectivity index (χ1) is 33.7. The van der Waals surface area contributed by atoms with Crippen LogP contribution in [0.25, 0.3) is 95.0 Å². The van der Waals surface area contributed by atoms with Crippen molar-refractivity contribution in [1.82, 2.24) is 19.5 Å². The fraction of sp³-hybridized carbons (Fsp3) is 0.0156. The molecule has 10 aromatic carbocycles. The van der Waals surface area contributed by atoms with Gasteiger partial charge in [0.1, 0.15) is 0 Å². The lowest BCUT2D eigenvalue weighted by Gasteiger charge is -2.34. The lowest BCUT2D eigenvalue weighted by molar-refractivity contribution is 0.769. The molecule has 0 unspecified atom stereocenters. The van der Waals surface area contributed by atoms with Gasteiger partial charge in [-0.15, -0.1) is 0 Å². The molecule has 0 saturated carbocycles. The number of benzene rings is 10. The van der Waals surface area contributed by atoms with Gasteiger partial charge in [-0.2, -0.15) is 9.97 Å². The van der Waals surface area contributed by atoms with E-state index in [1.165, 1.54) is 33.4 Å². The summed E-state index contributed by atoms with van der Waals surface area (Å²) in [4.78, 5) is 16.1. The molecular weight excluding hydrogens is 825 g/mol. The number of hydrogen-bond acceptors (Lipinski definition) is 3. The van der Waals surface area contributed by atoms with Crippen molar-refractivity contribution >= 4 is 21.8 Å². The quantitative estimate of drug-likeness (QED) is 0.153. The zero-order valence-corrected chi connectivity index (χ0v) is 37.0. The predicted octanol–water partition coefficient (Wildman–Crippen LogP) is 15.7. The Balaban J connectivity index is 1.10. The maximum atomic E-state index is 5.45. The zero-order chi connectivity index (χ0) is 45.0. The van der Waals surface area contributed by atoms with Crippen LogP contribution in [0.3, 0.4) is 0 Å². The summed E-state index contributed by atoms with van der Waals surface area (Å²) in [6.07, 6.45) is 0. The minimum absolute atomic E-state index is 0.553. The van der Waals surface area contributed by atoms with Gasteiger partial charge in [0.15, 0.2) is 11.6 Å². The third-order valence-electron chi connectivity index (χ3n) is 13.8. The van der Waals surface area contributed by atoms with E-state index >= 15 is 0 Å². The molecule has 12 aromatic rings. The smallest absolute Gasteiger partial charge is 0.238 e. The second-order valence-electron chi connectivity index (χ2n) is 17.5. The van der Waals surface area contributed by atoms with Crippen LogP contribution in [0, 0.1) is 0 Å². The molecule has 0 aliphatic heterocycles. The van der Waals surface area contributed by atoms with Crippen molar-refractivity contribution in [1.29, 1.82) is 0 Å². The summed E-state index contributed by atoms with van der Waals surface area (Å²) in [6, 6.07) is 91.3. The molecule has 0 amide bonds. The summed E-state index contributed by atoms with van der Waals surface area (Å²) in [5, 5.41) is 2.26. The number of aromatic nitrogens is 4. The van der Waals surface area contributed by atoms with E-state index in [9.17, 15) is 0 Å². The summed E-state index contributed by atoms with van der Waals surface area (Å²) >= 11 is 0. The Morgan fingerprint density at radius 2 is 0.691 bits per heavy atom. The summed E-state index contributed by atoms with van der Waals surface area (Å²) in [6.45, 7) is 0. The van der Waals surface area contributed by atoms with Crippen molar-refractivity contribution in [2.24, 2.45) is 0 Å². The molecule has 4 heteroatoms. The standard InChI is InChI=1S/C64H42N4/c1-6-18-43(19-7-1)46-30-34-48(35-31-46)61-65-62(49-36-32-47(33-37-49)44-20-8-2-9-21-44)67-63(66-61)68-59-39-38-50(45-22-10-3-11-23-45)40-55(59)56-41-54-53-28-16-17-29-57(53)64(58(54)42-60(56)68,51-24-12-4-13-25-51)52-26-14-5-15-27-52/h1-42H. The van der Waals surface area contributed by atoms with Crippen LogP contribution < -0.4 is 0 Å². The molecule has 0 bridgehead atoms. The largest absolute Gasteiger partial charge is 0.278 e. The summed E-state index contributed by atoms with van der Waals surface area (Å²) < 4.78 is 2.27. The van der Waals surface area contributed by atoms with Gasteiger partial charge in [0.2, 0.25) is 5.95 Å². The van der Waals surface area contributed by atoms with Crippen LogP contribution in [0.4, 0.5) is 0 Å². The summed E-state index contributed by atoms with van der Waals surface area (Å²) in [5.74, 6) is 1.76. The van der Waals surface area contributed by atoms with Crippen LogP contribution in [0.1, 0.15) is 22.3 Å². The number of nitrogens with zero attached hydrogens (tertiary/aromatic N) is 4. The summed E-state index contributed by atoms with van der Waals surface area (Å²) in [7, 11) is 0. The highest BCUT2D eigenvalue weighted by atomic mass is 15.2. The highest BCUT2D eigenvalue weighted by Gasteiger charge is 2.46. The minimum atomic E-state index is -0.588. The molecule has 2 aromatic heterocycles. The Labute approximate surface area is 395 Å². The summed E-state index contributed by atoms with van der Waals surface area (Å²) in [5.41, 5.74) is 17.5. The van der Waals surface area contributed by atoms with Crippen molar-refractivity contribution in [2.45, 2.75) is 5.41 Å². The zero-order valence-electron chi connectivity index (χ0n) is 37.0. The van der Waals surface area contributed by atoms with Crippen molar-refractivity contribution in [2.75, 3.05) is 0 Å². The third-order valence-corrected chi connectivity index (χ3v) is 13.8. The van der Waals surface area contributed by atoms with E-state index in [1.807, 2.05) is 12.1 Å². The van der Waals surface area contributed by atoms with E-state index < -0.39 is 5.41 Å². The van der Waals surface area contributed by atoms with E-state index in [4.69, 9.17) is 15.0 Å². The molecule has 1 aliphatic rings. The van der Waals surface area contributed by atoms with Crippen LogP contribution in [0.2, 0.25) is 0 Å². The van der Waals surface area contributed by atoms with Crippen LogP contribution in [-0.4, -0.2) is 19.5 Å². The monoisotopic (exact) mass is 866 g/mol. The predicted molar refractivity (Wildman–Crippen MR) is 279 cm³/mol. The normalized spacial score (nSPS) is 12.5. The Morgan fingerprint density at radius 3 is 1.22 bits per heavy atom. The van der Waals surface area contributed by atoms with Crippen LogP contribution >= 0.6 is 0 Å². The van der Waals surface area contributed by atoms with Gasteiger partial charge >= 0.3 is 0 Å². The maximum Gasteiger partial charge on any atom is 0.238 e. The van der Waals surface area contributed by atoms with Gasteiger partial charge in [-0.05, 0) is 91.0 Å². The van der Waals surface area contributed by atoms with E-state index in [-0.39, 0.29) is 0 Å². The van der Waals surface area contributed by atoms with E-state index in [0.29, 0.717) is 17.6 Å². The molecule has 0 atom stereocenters. The van der Waals surface area contributed by atoms with Crippen molar-refractivity contribution < 1.29 is 0 Å². The van der Waals surface area contributed by atoms with Gasteiger partial charge < -0.3 is 0 Å².